The van der Waals surface area contributed by atoms with Gasteiger partial charge in [-0.25, -0.2) is 0 Å². The zero-order chi connectivity index (χ0) is 11.0. The van der Waals surface area contributed by atoms with Crippen molar-refractivity contribution in [2.75, 3.05) is 25.1 Å². The van der Waals surface area contributed by atoms with Crippen molar-refractivity contribution in [2.45, 2.75) is 13.3 Å². The Hall–Kier alpha value is -1.71. The second kappa shape index (κ2) is 3.70. The molecule has 1 aromatic rings. The van der Waals surface area contributed by atoms with Gasteiger partial charge in [-0.1, -0.05) is 6.07 Å². The number of hydrazine groups is 1. The van der Waals surface area contributed by atoms with E-state index >= 15 is 0 Å². The molecule has 0 saturated carbocycles. The summed E-state index contributed by atoms with van der Waals surface area (Å²) in [5.41, 5.74) is 6.96. The van der Waals surface area contributed by atoms with Crippen molar-refractivity contribution in [3.63, 3.8) is 0 Å². The number of anilines is 1. The van der Waals surface area contributed by atoms with Gasteiger partial charge in [-0.2, -0.15) is 0 Å². The fraction of sp³-hybridized carbons (Fsp3) is 0.417. The van der Waals surface area contributed by atoms with Crippen molar-refractivity contribution >= 4 is 12.0 Å². The fourth-order valence-corrected chi connectivity index (χ4v) is 2.15. The van der Waals surface area contributed by atoms with E-state index in [1.54, 1.807) is 0 Å². The van der Waals surface area contributed by atoms with Crippen LogP contribution in [0.4, 0.5) is 5.69 Å². The molecular weight excluding hydrogens is 202 g/mol. The van der Waals surface area contributed by atoms with Gasteiger partial charge in [0, 0.05) is 12.0 Å². The SMILES string of the molecule is Cc1c(NN2C=NCC2)ccc2c1OCC2. The normalized spacial score (nSPS) is 17.4. The molecule has 0 unspecified atom stereocenters. The molecule has 0 saturated heterocycles. The topological polar surface area (TPSA) is 36.9 Å². The monoisotopic (exact) mass is 217 g/mol. The quantitative estimate of drug-likeness (QED) is 0.817. The number of nitrogens with zero attached hydrogens (tertiary/aromatic N) is 2. The smallest absolute Gasteiger partial charge is 0.127 e. The highest BCUT2D eigenvalue weighted by molar-refractivity contribution is 5.65. The van der Waals surface area contributed by atoms with Crippen molar-refractivity contribution in [2.24, 2.45) is 4.99 Å². The van der Waals surface area contributed by atoms with E-state index in [0.717, 1.165) is 37.6 Å². The molecule has 1 aromatic carbocycles. The third kappa shape index (κ3) is 1.50. The summed E-state index contributed by atoms with van der Waals surface area (Å²) in [6, 6.07) is 4.26. The van der Waals surface area contributed by atoms with Crippen molar-refractivity contribution < 1.29 is 4.74 Å². The third-order valence-electron chi connectivity index (χ3n) is 3.06. The van der Waals surface area contributed by atoms with Gasteiger partial charge < -0.3 is 4.74 Å². The first-order valence-corrected chi connectivity index (χ1v) is 5.63. The molecule has 1 N–H and O–H groups in total. The number of benzene rings is 1. The largest absolute Gasteiger partial charge is 0.493 e. The minimum absolute atomic E-state index is 0.810. The highest BCUT2D eigenvalue weighted by Gasteiger charge is 2.17. The molecule has 3 rings (SSSR count). The number of hydrogen-bond acceptors (Lipinski definition) is 4. The average molecular weight is 217 g/mol. The maximum Gasteiger partial charge on any atom is 0.127 e. The maximum atomic E-state index is 5.64. The Labute approximate surface area is 94.9 Å². The first kappa shape index (κ1) is 9.51. The van der Waals surface area contributed by atoms with Crippen LogP contribution in [0.1, 0.15) is 11.1 Å². The summed E-state index contributed by atoms with van der Waals surface area (Å²) in [5, 5.41) is 2.00. The first-order valence-electron chi connectivity index (χ1n) is 5.63. The molecule has 0 amide bonds. The lowest BCUT2D eigenvalue weighted by Gasteiger charge is -2.19. The van der Waals surface area contributed by atoms with Crippen LogP contribution >= 0.6 is 0 Å². The van der Waals surface area contributed by atoms with Crippen LogP contribution in [0, 0.1) is 6.92 Å². The van der Waals surface area contributed by atoms with Gasteiger partial charge in [0.1, 0.15) is 12.1 Å². The van der Waals surface area contributed by atoms with Crippen molar-refractivity contribution in [1.29, 1.82) is 0 Å². The van der Waals surface area contributed by atoms with Crippen LogP contribution in [0.15, 0.2) is 17.1 Å². The lowest BCUT2D eigenvalue weighted by Crippen LogP contribution is -2.26. The molecular formula is C12H15N3O. The van der Waals surface area contributed by atoms with Gasteiger partial charge in [0.15, 0.2) is 0 Å². The van der Waals surface area contributed by atoms with Gasteiger partial charge in [0.2, 0.25) is 0 Å². The van der Waals surface area contributed by atoms with E-state index in [4.69, 9.17) is 4.74 Å². The van der Waals surface area contributed by atoms with Crippen LogP contribution in [-0.4, -0.2) is 31.0 Å². The zero-order valence-corrected chi connectivity index (χ0v) is 9.36. The third-order valence-corrected chi connectivity index (χ3v) is 3.06. The molecule has 84 valence electrons. The number of aliphatic imine (C=N–C) groups is 1. The molecule has 2 heterocycles. The second-order valence-electron chi connectivity index (χ2n) is 4.15. The predicted molar refractivity (Wildman–Crippen MR) is 64.1 cm³/mol. The maximum absolute atomic E-state index is 5.64. The standard InChI is InChI=1S/C12H15N3O/c1-9-11(14-15-6-5-13-8-15)3-2-10-4-7-16-12(9)10/h2-3,8,14H,4-7H2,1H3. The van der Waals surface area contributed by atoms with Crippen molar-refractivity contribution in [3.8, 4) is 5.75 Å². The van der Waals surface area contributed by atoms with Gasteiger partial charge in [-0.3, -0.25) is 15.4 Å². The minimum atomic E-state index is 0.810. The predicted octanol–water partition coefficient (Wildman–Crippen LogP) is 1.60. The summed E-state index contributed by atoms with van der Waals surface area (Å²) in [5.74, 6) is 1.06. The number of nitrogens with one attached hydrogen (secondary N) is 1. The molecule has 16 heavy (non-hydrogen) atoms. The first-order chi connectivity index (χ1) is 7.84. The van der Waals surface area contributed by atoms with E-state index < -0.39 is 0 Å². The summed E-state index contributed by atoms with van der Waals surface area (Å²) < 4.78 is 5.64. The highest BCUT2D eigenvalue weighted by atomic mass is 16.5. The highest BCUT2D eigenvalue weighted by Crippen LogP contribution is 2.34. The van der Waals surface area contributed by atoms with E-state index in [0.29, 0.717) is 0 Å². The van der Waals surface area contributed by atoms with E-state index in [9.17, 15) is 0 Å². The number of hydrogen-bond donors (Lipinski definition) is 1. The van der Waals surface area contributed by atoms with Crippen LogP contribution < -0.4 is 10.2 Å². The molecule has 4 heteroatoms. The van der Waals surface area contributed by atoms with E-state index in [1.165, 1.54) is 11.1 Å². The summed E-state index contributed by atoms with van der Waals surface area (Å²) in [6.07, 6.45) is 2.87. The lowest BCUT2D eigenvalue weighted by atomic mass is 10.1. The van der Waals surface area contributed by atoms with Crippen LogP contribution in [0.3, 0.4) is 0 Å². The van der Waals surface area contributed by atoms with Crippen LogP contribution in [0.5, 0.6) is 5.75 Å². The lowest BCUT2D eigenvalue weighted by molar-refractivity contribution is 0.354. The molecule has 0 atom stereocenters. The Kier molecular flexibility index (Phi) is 2.20. The van der Waals surface area contributed by atoms with E-state index in [-0.39, 0.29) is 0 Å². The van der Waals surface area contributed by atoms with E-state index in [2.05, 4.69) is 29.5 Å². The average Bonchev–Trinajstić information content (AvgIpc) is 2.93. The summed E-state index contributed by atoms with van der Waals surface area (Å²) >= 11 is 0. The van der Waals surface area contributed by atoms with Crippen LogP contribution in [-0.2, 0) is 6.42 Å². The Morgan fingerprint density at radius 1 is 1.44 bits per heavy atom. The second-order valence-corrected chi connectivity index (χ2v) is 4.15. The molecule has 2 aliphatic heterocycles. The Bertz CT molecular complexity index is 442. The van der Waals surface area contributed by atoms with Crippen molar-refractivity contribution in [1.82, 2.24) is 5.01 Å². The molecule has 0 aliphatic carbocycles. The molecule has 0 spiro atoms. The number of ether oxygens (including phenoxy) is 1. The van der Waals surface area contributed by atoms with Crippen LogP contribution in [0.25, 0.3) is 0 Å². The Morgan fingerprint density at radius 3 is 3.19 bits per heavy atom. The molecule has 4 nitrogen and oxygen atoms in total. The summed E-state index contributed by atoms with van der Waals surface area (Å²) in [4.78, 5) is 4.17. The van der Waals surface area contributed by atoms with E-state index in [1.807, 2.05) is 11.3 Å². The van der Waals surface area contributed by atoms with Gasteiger partial charge in [-0.05, 0) is 18.6 Å². The molecule has 0 fully saturated rings. The minimum Gasteiger partial charge on any atom is -0.493 e. The Morgan fingerprint density at radius 2 is 2.38 bits per heavy atom. The fourth-order valence-electron chi connectivity index (χ4n) is 2.15. The number of fused-ring (bicyclic) bond motifs is 1. The van der Waals surface area contributed by atoms with Gasteiger partial charge in [0.05, 0.1) is 25.4 Å². The zero-order valence-electron chi connectivity index (χ0n) is 9.36. The summed E-state index contributed by atoms with van der Waals surface area (Å²) in [6.45, 7) is 4.70. The van der Waals surface area contributed by atoms with Gasteiger partial charge in [0.25, 0.3) is 0 Å². The van der Waals surface area contributed by atoms with Crippen LogP contribution in [0.2, 0.25) is 0 Å². The van der Waals surface area contributed by atoms with Gasteiger partial charge >= 0.3 is 0 Å². The molecule has 2 aliphatic rings. The molecule has 0 aromatic heterocycles. The molecule has 0 radical (unpaired) electrons. The number of rotatable bonds is 2. The summed E-state index contributed by atoms with van der Waals surface area (Å²) in [7, 11) is 0. The molecule has 0 bridgehead atoms. The Balaban J connectivity index is 1.87. The van der Waals surface area contributed by atoms with Gasteiger partial charge in [-0.15, -0.1) is 0 Å². The van der Waals surface area contributed by atoms with Crippen molar-refractivity contribution in [3.05, 3.63) is 23.3 Å².